The molecule has 2 aromatic rings. The van der Waals surface area contributed by atoms with Crippen LogP contribution in [0, 0.1) is 0 Å². The van der Waals surface area contributed by atoms with Gasteiger partial charge in [-0.15, -0.1) is 0 Å². The summed E-state index contributed by atoms with van der Waals surface area (Å²) in [5, 5.41) is 0.750. The lowest BCUT2D eigenvalue weighted by atomic mass is 10.3. The highest BCUT2D eigenvalue weighted by Gasteiger charge is 2.13. The average molecular weight is 292 g/mol. The molecule has 0 bridgehead atoms. The summed E-state index contributed by atoms with van der Waals surface area (Å²) in [4.78, 5) is 25.8. The topological polar surface area (TPSA) is 61.9 Å². The van der Waals surface area contributed by atoms with Crippen molar-refractivity contribution < 1.29 is 4.79 Å². The third kappa shape index (κ3) is 3.72. The maximum Gasteiger partial charge on any atom is 0.233 e. The summed E-state index contributed by atoms with van der Waals surface area (Å²) >= 11 is 1.44. The molecule has 20 heavy (non-hydrogen) atoms. The monoisotopic (exact) mass is 292 g/mol. The number of carbonyl (C=O) groups excluding carboxylic acids is 1. The number of pyridine rings is 1. The molecule has 0 saturated heterocycles. The molecule has 2 rings (SSSR count). The van der Waals surface area contributed by atoms with Crippen molar-refractivity contribution in [1.29, 1.82) is 0 Å². The van der Waals surface area contributed by atoms with E-state index in [9.17, 15) is 4.79 Å². The number of rotatable bonds is 7. The number of hydrogen-bond donors (Lipinski definition) is 1. The van der Waals surface area contributed by atoms with Crippen LogP contribution in [0.2, 0.25) is 0 Å². The highest BCUT2D eigenvalue weighted by molar-refractivity contribution is 7.99. The van der Waals surface area contributed by atoms with Crippen LogP contribution in [0.3, 0.4) is 0 Å². The Morgan fingerprint density at radius 3 is 2.75 bits per heavy atom. The lowest BCUT2D eigenvalue weighted by Crippen LogP contribution is -2.33. The normalized spacial score (nSPS) is 10.9. The molecule has 1 amide bonds. The Hall–Kier alpha value is -1.56. The van der Waals surface area contributed by atoms with Crippen LogP contribution < -0.4 is 0 Å². The molecule has 0 aliphatic rings. The van der Waals surface area contributed by atoms with Crippen molar-refractivity contribution in [3.8, 4) is 0 Å². The number of aromatic nitrogens is 3. The van der Waals surface area contributed by atoms with Crippen molar-refractivity contribution in [2.24, 2.45) is 0 Å². The van der Waals surface area contributed by atoms with Gasteiger partial charge in [-0.1, -0.05) is 25.6 Å². The van der Waals surface area contributed by atoms with Crippen molar-refractivity contribution in [3.05, 3.63) is 18.3 Å². The van der Waals surface area contributed by atoms with E-state index < -0.39 is 0 Å². The van der Waals surface area contributed by atoms with E-state index in [0.717, 1.165) is 36.6 Å². The van der Waals surface area contributed by atoms with Gasteiger partial charge in [0.25, 0.3) is 0 Å². The lowest BCUT2D eigenvalue weighted by molar-refractivity contribution is -0.128. The number of nitrogens with one attached hydrogen (secondary N) is 1. The average Bonchev–Trinajstić information content (AvgIpc) is 2.87. The van der Waals surface area contributed by atoms with Gasteiger partial charge in [0.1, 0.15) is 0 Å². The van der Waals surface area contributed by atoms with E-state index in [1.54, 1.807) is 6.20 Å². The van der Waals surface area contributed by atoms with Gasteiger partial charge in [-0.2, -0.15) is 0 Å². The molecule has 1 N–H and O–H groups in total. The van der Waals surface area contributed by atoms with E-state index in [-0.39, 0.29) is 5.91 Å². The molecular weight excluding hydrogens is 272 g/mol. The van der Waals surface area contributed by atoms with Gasteiger partial charge in [0.2, 0.25) is 5.91 Å². The maximum atomic E-state index is 12.2. The van der Waals surface area contributed by atoms with Gasteiger partial charge in [0, 0.05) is 19.3 Å². The van der Waals surface area contributed by atoms with Gasteiger partial charge < -0.3 is 9.88 Å². The van der Waals surface area contributed by atoms with Crippen molar-refractivity contribution >= 4 is 28.8 Å². The number of thioether (sulfide) groups is 1. The lowest BCUT2D eigenvalue weighted by Gasteiger charge is -2.20. The largest absolute Gasteiger partial charge is 0.342 e. The van der Waals surface area contributed by atoms with Crippen LogP contribution in [0.4, 0.5) is 0 Å². The number of carbonyl (C=O) groups is 1. The Bertz CT molecular complexity index is 530. The molecule has 6 heteroatoms. The molecule has 0 atom stereocenters. The van der Waals surface area contributed by atoms with E-state index in [0.29, 0.717) is 11.4 Å². The van der Waals surface area contributed by atoms with E-state index in [1.807, 2.05) is 17.0 Å². The first-order chi connectivity index (χ1) is 9.74. The molecule has 0 fully saturated rings. The van der Waals surface area contributed by atoms with E-state index >= 15 is 0 Å². The van der Waals surface area contributed by atoms with E-state index in [4.69, 9.17) is 0 Å². The highest BCUT2D eigenvalue weighted by Crippen LogP contribution is 2.18. The first kappa shape index (κ1) is 14.8. The van der Waals surface area contributed by atoms with Crippen LogP contribution in [-0.2, 0) is 4.79 Å². The number of hydrogen-bond acceptors (Lipinski definition) is 4. The van der Waals surface area contributed by atoms with Gasteiger partial charge in [-0.05, 0) is 25.0 Å². The summed E-state index contributed by atoms with van der Waals surface area (Å²) in [5.74, 6) is 0.590. The minimum atomic E-state index is 0.173. The van der Waals surface area contributed by atoms with Crippen molar-refractivity contribution in [3.63, 3.8) is 0 Å². The van der Waals surface area contributed by atoms with Gasteiger partial charge in [0.05, 0.1) is 11.3 Å². The van der Waals surface area contributed by atoms with Gasteiger partial charge in [-0.25, -0.2) is 9.97 Å². The second-order valence-corrected chi connectivity index (χ2v) is 5.55. The van der Waals surface area contributed by atoms with Crippen LogP contribution in [-0.4, -0.2) is 44.6 Å². The van der Waals surface area contributed by atoms with Crippen molar-refractivity contribution in [1.82, 2.24) is 19.9 Å². The van der Waals surface area contributed by atoms with Crippen LogP contribution in [0.1, 0.15) is 26.7 Å². The summed E-state index contributed by atoms with van der Waals surface area (Å²) in [6.07, 6.45) is 3.70. The van der Waals surface area contributed by atoms with Crippen LogP contribution in [0.15, 0.2) is 23.5 Å². The smallest absolute Gasteiger partial charge is 0.233 e. The fraction of sp³-hybridized carbons (Fsp3) is 0.500. The zero-order chi connectivity index (χ0) is 14.4. The van der Waals surface area contributed by atoms with Crippen molar-refractivity contribution in [2.45, 2.75) is 31.8 Å². The molecular formula is C14H20N4OS. The highest BCUT2D eigenvalue weighted by atomic mass is 32.2. The maximum absolute atomic E-state index is 12.2. The molecule has 0 saturated carbocycles. The fourth-order valence-electron chi connectivity index (χ4n) is 2.01. The van der Waals surface area contributed by atoms with E-state index in [2.05, 4.69) is 28.8 Å². The molecule has 0 radical (unpaired) electrons. The number of aromatic amines is 1. The Morgan fingerprint density at radius 2 is 2.10 bits per heavy atom. The van der Waals surface area contributed by atoms with E-state index in [1.165, 1.54) is 11.8 Å². The molecule has 2 aromatic heterocycles. The van der Waals surface area contributed by atoms with Gasteiger partial charge in [-0.3, -0.25) is 4.79 Å². The summed E-state index contributed by atoms with van der Waals surface area (Å²) in [6.45, 7) is 5.84. The molecule has 0 aliphatic carbocycles. The summed E-state index contributed by atoms with van der Waals surface area (Å²) < 4.78 is 0. The Labute approximate surface area is 123 Å². The minimum absolute atomic E-state index is 0.173. The predicted octanol–water partition coefficient (Wildman–Crippen LogP) is 2.70. The standard InChI is InChI=1S/C14H20N4OS/c1-3-8-18(9-4-2)12(19)10-20-14-16-11-6-5-7-15-13(11)17-14/h5-7H,3-4,8-10H2,1-2H3,(H,15,16,17). The molecule has 0 spiro atoms. The number of fused-ring (bicyclic) bond motifs is 1. The Kier molecular flexibility index (Phi) is 5.40. The Morgan fingerprint density at radius 1 is 1.35 bits per heavy atom. The summed E-state index contributed by atoms with van der Waals surface area (Å²) in [7, 11) is 0. The van der Waals surface area contributed by atoms with Crippen LogP contribution in [0.5, 0.6) is 0 Å². The second-order valence-electron chi connectivity index (χ2n) is 4.59. The third-order valence-corrected chi connectivity index (χ3v) is 3.77. The second kappa shape index (κ2) is 7.28. The molecule has 0 aliphatic heterocycles. The molecule has 0 aromatic carbocycles. The van der Waals surface area contributed by atoms with Crippen molar-refractivity contribution in [2.75, 3.05) is 18.8 Å². The first-order valence-electron chi connectivity index (χ1n) is 6.96. The molecule has 5 nitrogen and oxygen atoms in total. The number of H-pyrrole nitrogens is 1. The Balaban J connectivity index is 1.94. The number of imidazole rings is 1. The van der Waals surface area contributed by atoms with Gasteiger partial charge in [0.15, 0.2) is 10.8 Å². The molecule has 2 heterocycles. The summed E-state index contributed by atoms with van der Waals surface area (Å²) in [6, 6.07) is 3.80. The molecule has 108 valence electrons. The number of nitrogens with zero attached hydrogens (tertiary/aromatic N) is 3. The fourth-order valence-corrected chi connectivity index (χ4v) is 2.79. The predicted molar refractivity (Wildman–Crippen MR) is 81.8 cm³/mol. The molecule has 0 unspecified atom stereocenters. The zero-order valence-electron chi connectivity index (χ0n) is 11.9. The van der Waals surface area contributed by atoms with Crippen LogP contribution in [0.25, 0.3) is 11.2 Å². The number of amides is 1. The minimum Gasteiger partial charge on any atom is -0.342 e. The van der Waals surface area contributed by atoms with Crippen LogP contribution >= 0.6 is 11.8 Å². The zero-order valence-corrected chi connectivity index (χ0v) is 12.7. The first-order valence-corrected chi connectivity index (χ1v) is 7.94. The quantitative estimate of drug-likeness (QED) is 0.797. The summed E-state index contributed by atoms with van der Waals surface area (Å²) in [5.41, 5.74) is 1.60. The SMILES string of the molecule is CCCN(CCC)C(=O)CSc1nc2ncccc2[nH]1. The van der Waals surface area contributed by atoms with Gasteiger partial charge >= 0.3 is 0 Å². The third-order valence-electron chi connectivity index (χ3n) is 2.91.